The van der Waals surface area contributed by atoms with Crippen molar-refractivity contribution >= 4 is 22.4 Å². The predicted octanol–water partition coefficient (Wildman–Crippen LogP) is 2.44. The first-order valence-electron chi connectivity index (χ1n) is 6.63. The van der Waals surface area contributed by atoms with Gasteiger partial charge >= 0.3 is 0 Å². The molecule has 0 amide bonds. The molecule has 0 aliphatic carbocycles. The third-order valence-corrected chi connectivity index (χ3v) is 2.84. The molecule has 0 aliphatic heterocycles. The van der Waals surface area contributed by atoms with E-state index in [1.807, 2.05) is 18.2 Å². The van der Waals surface area contributed by atoms with E-state index in [4.69, 9.17) is 10.5 Å². The van der Waals surface area contributed by atoms with Crippen LogP contribution >= 0.6 is 0 Å². The summed E-state index contributed by atoms with van der Waals surface area (Å²) in [5.41, 5.74) is 7.30. The number of aromatic nitrogens is 2. The Hall–Kier alpha value is -1.88. The van der Waals surface area contributed by atoms with Crippen LogP contribution in [0, 0.1) is 0 Å². The number of anilines is 2. The van der Waals surface area contributed by atoms with Crippen LogP contribution in [0.15, 0.2) is 24.5 Å². The van der Waals surface area contributed by atoms with Gasteiger partial charge in [-0.05, 0) is 24.6 Å². The molecule has 0 aliphatic rings. The van der Waals surface area contributed by atoms with E-state index >= 15 is 0 Å². The fourth-order valence-electron chi connectivity index (χ4n) is 1.81. The van der Waals surface area contributed by atoms with Gasteiger partial charge in [0.2, 0.25) is 0 Å². The van der Waals surface area contributed by atoms with Gasteiger partial charge in [0.05, 0.1) is 12.1 Å². The third kappa shape index (κ3) is 3.79. The summed E-state index contributed by atoms with van der Waals surface area (Å²) in [5, 5.41) is 4.24. The van der Waals surface area contributed by atoms with Crippen molar-refractivity contribution in [2.24, 2.45) is 0 Å². The first-order chi connectivity index (χ1) is 9.31. The van der Waals surface area contributed by atoms with E-state index in [0.29, 0.717) is 12.3 Å². The molecule has 0 radical (unpaired) electrons. The van der Waals surface area contributed by atoms with Crippen molar-refractivity contribution in [2.75, 3.05) is 30.8 Å². The molecular weight excluding hydrogens is 240 g/mol. The highest BCUT2D eigenvalue weighted by atomic mass is 16.5. The predicted molar refractivity (Wildman–Crippen MR) is 78.2 cm³/mol. The molecule has 19 heavy (non-hydrogen) atoms. The number of hydrogen-bond donors (Lipinski definition) is 2. The van der Waals surface area contributed by atoms with Gasteiger partial charge in [-0.25, -0.2) is 9.97 Å². The zero-order valence-corrected chi connectivity index (χ0v) is 11.2. The lowest BCUT2D eigenvalue weighted by molar-refractivity contribution is 0.141. The zero-order chi connectivity index (χ0) is 13.5. The molecule has 5 nitrogen and oxygen atoms in total. The summed E-state index contributed by atoms with van der Waals surface area (Å²) in [4.78, 5) is 8.46. The quantitative estimate of drug-likeness (QED) is 0.591. The van der Waals surface area contributed by atoms with E-state index in [2.05, 4.69) is 22.2 Å². The summed E-state index contributed by atoms with van der Waals surface area (Å²) in [6.07, 6.45) is 3.81. The lowest BCUT2D eigenvalue weighted by Crippen LogP contribution is -2.11. The Morgan fingerprint density at radius 1 is 1.26 bits per heavy atom. The minimum atomic E-state index is 0.681. The first-order valence-corrected chi connectivity index (χ1v) is 6.63. The normalized spacial score (nSPS) is 10.8. The zero-order valence-electron chi connectivity index (χ0n) is 11.2. The maximum atomic E-state index is 5.74. The van der Waals surface area contributed by atoms with Gasteiger partial charge in [0.1, 0.15) is 12.1 Å². The molecular formula is C14H20N4O. The number of nitrogen functional groups attached to an aromatic ring is 1. The Kier molecular flexibility index (Phi) is 4.92. The summed E-state index contributed by atoms with van der Waals surface area (Å²) in [6, 6.07) is 5.64. The monoisotopic (exact) mass is 260 g/mol. The molecule has 0 atom stereocenters. The maximum absolute atomic E-state index is 5.74. The van der Waals surface area contributed by atoms with E-state index in [0.717, 1.165) is 42.7 Å². The minimum absolute atomic E-state index is 0.681. The molecule has 0 spiro atoms. The molecule has 0 saturated carbocycles. The van der Waals surface area contributed by atoms with Crippen LogP contribution in [-0.4, -0.2) is 29.7 Å². The number of benzene rings is 1. The first kappa shape index (κ1) is 13.5. The fourth-order valence-corrected chi connectivity index (χ4v) is 1.81. The molecule has 0 fully saturated rings. The largest absolute Gasteiger partial charge is 0.399 e. The highest BCUT2D eigenvalue weighted by Gasteiger charge is 2.03. The van der Waals surface area contributed by atoms with Gasteiger partial charge in [-0.1, -0.05) is 13.3 Å². The van der Waals surface area contributed by atoms with Gasteiger partial charge in [0.25, 0.3) is 0 Å². The third-order valence-electron chi connectivity index (χ3n) is 2.84. The molecule has 102 valence electrons. The Balaban J connectivity index is 1.93. The highest BCUT2D eigenvalue weighted by molar-refractivity contribution is 5.90. The van der Waals surface area contributed by atoms with E-state index in [-0.39, 0.29) is 0 Å². The van der Waals surface area contributed by atoms with Crippen LogP contribution in [0.2, 0.25) is 0 Å². The smallest absolute Gasteiger partial charge is 0.137 e. The number of unbranched alkanes of at least 4 members (excludes halogenated alkanes) is 1. The van der Waals surface area contributed by atoms with Crippen LogP contribution in [0.4, 0.5) is 11.5 Å². The van der Waals surface area contributed by atoms with Gasteiger partial charge in [-0.15, -0.1) is 0 Å². The second-order valence-electron chi connectivity index (χ2n) is 4.39. The number of fused-ring (bicyclic) bond motifs is 1. The maximum Gasteiger partial charge on any atom is 0.137 e. The van der Waals surface area contributed by atoms with Crippen molar-refractivity contribution in [3.8, 4) is 0 Å². The molecule has 1 heterocycles. The minimum Gasteiger partial charge on any atom is -0.399 e. The second kappa shape index (κ2) is 6.89. The molecule has 1 aromatic heterocycles. The van der Waals surface area contributed by atoms with Crippen LogP contribution in [0.5, 0.6) is 0 Å². The molecule has 0 unspecified atom stereocenters. The summed E-state index contributed by atoms with van der Waals surface area (Å²) in [5.74, 6) is 0.823. The SMILES string of the molecule is CCCCOCCNc1ncnc2cc(N)ccc12. The van der Waals surface area contributed by atoms with E-state index in [1.54, 1.807) is 6.33 Å². The summed E-state index contributed by atoms with van der Waals surface area (Å²) < 4.78 is 5.50. The van der Waals surface area contributed by atoms with Crippen molar-refractivity contribution in [3.63, 3.8) is 0 Å². The fraction of sp³-hybridized carbons (Fsp3) is 0.429. The average molecular weight is 260 g/mol. The van der Waals surface area contributed by atoms with Crippen molar-refractivity contribution in [3.05, 3.63) is 24.5 Å². The molecule has 0 bridgehead atoms. The van der Waals surface area contributed by atoms with Crippen molar-refractivity contribution < 1.29 is 4.74 Å². The van der Waals surface area contributed by atoms with E-state index < -0.39 is 0 Å². The lowest BCUT2D eigenvalue weighted by atomic mass is 10.2. The lowest BCUT2D eigenvalue weighted by Gasteiger charge is -2.09. The van der Waals surface area contributed by atoms with Crippen LogP contribution in [0.3, 0.4) is 0 Å². The van der Waals surface area contributed by atoms with Crippen LogP contribution < -0.4 is 11.1 Å². The number of rotatable bonds is 7. The molecule has 3 N–H and O–H groups in total. The van der Waals surface area contributed by atoms with Gasteiger partial charge in [-0.3, -0.25) is 0 Å². The Morgan fingerprint density at radius 2 is 2.16 bits per heavy atom. The van der Waals surface area contributed by atoms with E-state index in [1.165, 1.54) is 0 Å². The topological polar surface area (TPSA) is 73.1 Å². The average Bonchev–Trinajstić information content (AvgIpc) is 2.42. The van der Waals surface area contributed by atoms with Gasteiger partial charge in [0.15, 0.2) is 0 Å². The number of nitrogens with two attached hydrogens (primary N) is 1. The molecule has 2 aromatic rings. The van der Waals surface area contributed by atoms with Crippen LogP contribution in [0.1, 0.15) is 19.8 Å². The summed E-state index contributed by atoms with van der Waals surface area (Å²) >= 11 is 0. The van der Waals surface area contributed by atoms with Gasteiger partial charge in [-0.2, -0.15) is 0 Å². The number of nitrogens with one attached hydrogen (secondary N) is 1. The van der Waals surface area contributed by atoms with Crippen molar-refractivity contribution in [1.29, 1.82) is 0 Å². The Labute approximate surface area is 113 Å². The Bertz CT molecular complexity index is 530. The standard InChI is InChI=1S/C14H20N4O/c1-2-3-7-19-8-6-16-14-12-5-4-11(15)9-13(12)17-10-18-14/h4-5,9-10H,2-3,6-8,15H2,1H3,(H,16,17,18). The summed E-state index contributed by atoms with van der Waals surface area (Å²) in [6.45, 7) is 4.39. The van der Waals surface area contributed by atoms with E-state index in [9.17, 15) is 0 Å². The highest BCUT2D eigenvalue weighted by Crippen LogP contribution is 2.20. The molecule has 1 aromatic carbocycles. The van der Waals surface area contributed by atoms with Crippen LogP contribution in [-0.2, 0) is 4.74 Å². The van der Waals surface area contributed by atoms with Gasteiger partial charge in [0, 0.05) is 24.2 Å². The molecule has 2 rings (SSSR count). The second-order valence-corrected chi connectivity index (χ2v) is 4.39. The number of ether oxygens (including phenoxy) is 1. The molecule has 5 heteroatoms. The van der Waals surface area contributed by atoms with Crippen molar-refractivity contribution in [1.82, 2.24) is 9.97 Å². The van der Waals surface area contributed by atoms with Crippen LogP contribution in [0.25, 0.3) is 10.9 Å². The Morgan fingerprint density at radius 3 is 3.00 bits per heavy atom. The number of hydrogen-bond acceptors (Lipinski definition) is 5. The summed E-state index contributed by atoms with van der Waals surface area (Å²) in [7, 11) is 0. The van der Waals surface area contributed by atoms with Gasteiger partial charge < -0.3 is 15.8 Å². The van der Waals surface area contributed by atoms with Crippen molar-refractivity contribution in [2.45, 2.75) is 19.8 Å². The molecule has 0 saturated heterocycles. The number of nitrogens with zero attached hydrogens (tertiary/aromatic N) is 2.